The molecule has 0 saturated carbocycles. The van der Waals surface area contributed by atoms with Crippen LogP contribution in [0.25, 0.3) is 16.5 Å². The van der Waals surface area contributed by atoms with Crippen LogP contribution in [0, 0.1) is 0 Å². The molecule has 4 rings (SSSR count). The number of hydrogen-bond donors (Lipinski definition) is 0. The number of para-hydroxylation sites is 1. The Labute approximate surface area is 191 Å². The van der Waals surface area contributed by atoms with E-state index in [1.807, 2.05) is 36.4 Å². The summed E-state index contributed by atoms with van der Waals surface area (Å²) < 4.78 is 11.9. The molecular formula is C26H25N3O4. The van der Waals surface area contributed by atoms with Crippen LogP contribution in [-0.2, 0) is 6.42 Å². The second-order valence-electron chi connectivity index (χ2n) is 7.61. The zero-order valence-electron chi connectivity index (χ0n) is 18.8. The number of methoxy groups -OCH3 is 2. The quantitative estimate of drug-likeness (QED) is 0.435. The minimum atomic E-state index is -0.263. The van der Waals surface area contributed by atoms with Gasteiger partial charge in [0.1, 0.15) is 0 Å². The highest BCUT2D eigenvalue weighted by Gasteiger charge is 2.20. The van der Waals surface area contributed by atoms with E-state index in [2.05, 4.69) is 5.10 Å². The van der Waals surface area contributed by atoms with E-state index >= 15 is 0 Å². The molecule has 0 unspecified atom stereocenters. The average Bonchev–Trinajstić information content (AvgIpc) is 2.87. The molecule has 0 spiro atoms. The fourth-order valence-electron chi connectivity index (χ4n) is 3.71. The lowest BCUT2D eigenvalue weighted by Crippen LogP contribution is -2.32. The summed E-state index contributed by atoms with van der Waals surface area (Å²) in [5, 5.41) is 5.46. The molecule has 168 valence electrons. The first-order chi connectivity index (χ1) is 16.0. The van der Waals surface area contributed by atoms with Crippen molar-refractivity contribution in [2.24, 2.45) is 0 Å². The summed E-state index contributed by atoms with van der Waals surface area (Å²) in [6.45, 7) is 0.467. The van der Waals surface area contributed by atoms with Crippen molar-refractivity contribution in [3.05, 3.63) is 94.4 Å². The van der Waals surface area contributed by atoms with Gasteiger partial charge in [0.25, 0.3) is 11.5 Å². The second kappa shape index (κ2) is 9.56. The van der Waals surface area contributed by atoms with Crippen LogP contribution in [0.5, 0.6) is 11.5 Å². The minimum Gasteiger partial charge on any atom is -0.493 e. The molecule has 7 heteroatoms. The van der Waals surface area contributed by atoms with Crippen LogP contribution < -0.4 is 15.0 Å². The van der Waals surface area contributed by atoms with E-state index in [9.17, 15) is 9.59 Å². The summed E-state index contributed by atoms with van der Waals surface area (Å²) in [6.07, 6.45) is 0.624. The number of carbonyl (C=O) groups excluding carboxylic acids is 1. The van der Waals surface area contributed by atoms with Crippen LogP contribution >= 0.6 is 0 Å². The number of carbonyl (C=O) groups is 1. The number of aromatic nitrogens is 2. The first-order valence-corrected chi connectivity index (χ1v) is 10.6. The first-order valence-electron chi connectivity index (χ1n) is 10.6. The number of likely N-dealkylation sites (N-methyl/N-ethyl adjacent to an activating group) is 1. The normalized spacial score (nSPS) is 10.8. The zero-order chi connectivity index (χ0) is 23.4. The van der Waals surface area contributed by atoms with Crippen LogP contribution in [-0.4, -0.2) is 48.4 Å². The van der Waals surface area contributed by atoms with Crippen molar-refractivity contribution in [3.63, 3.8) is 0 Å². The van der Waals surface area contributed by atoms with Crippen molar-refractivity contribution in [2.75, 3.05) is 27.8 Å². The van der Waals surface area contributed by atoms with Crippen molar-refractivity contribution >= 4 is 16.7 Å². The van der Waals surface area contributed by atoms with Gasteiger partial charge < -0.3 is 14.4 Å². The third-order valence-electron chi connectivity index (χ3n) is 5.54. The van der Waals surface area contributed by atoms with Gasteiger partial charge in [-0.3, -0.25) is 9.59 Å². The van der Waals surface area contributed by atoms with Gasteiger partial charge in [-0.05, 0) is 42.3 Å². The fraction of sp³-hybridized carbons (Fsp3) is 0.192. The summed E-state index contributed by atoms with van der Waals surface area (Å²) in [4.78, 5) is 28.1. The van der Waals surface area contributed by atoms with Crippen LogP contribution in [0.4, 0.5) is 0 Å². The van der Waals surface area contributed by atoms with Crippen molar-refractivity contribution in [1.29, 1.82) is 0 Å². The number of fused-ring (bicyclic) bond motifs is 1. The molecular weight excluding hydrogens is 418 g/mol. The van der Waals surface area contributed by atoms with Crippen molar-refractivity contribution < 1.29 is 14.3 Å². The van der Waals surface area contributed by atoms with Crippen molar-refractivity contribution in [1.82, 2.24) is 14.7 Å². The van der Waals surface area contributed by atoms with E-state index in [1.165, 1.54) is 4.68 Å². The van der Waals surface area contributed by atoms with Gasteiger partial charge in [0.2, 0.25) is 0 Å². The molecule has 7 nitrogen and oxygen atoms in total. The van der Waals surface area contributed by atoms with Gasteiger partial charge in [-0.15, -0.1) is 0 Å². The lowest BCUT2D eigenvalue weighted by Gasteiger charge is -2.19. The molecule has 0 aliphatic carbocycles. The number of ether oxygens (including phenoxy) is 2. The summed E-state index contributed by atoms with van der Waals surface area (Å²) in [5.74, 6) is 1.05. The maximum Gasteiger partial charge on any atom is 0.279 e. The van der Waals surface area contributed by atoms with E-state index in [0.29, 0.717) is 40.9 Å². The lowest BCUT2D eigenvalue weighted by molar-refractivity contribution is 0.0791. The molecule has 33 heavy (non-hydrogen) atoms. The topological polar surface area (TPSA) is 73.7 Å². The predicted molar refractivity (Wildman–Crippen MR) is 128 cm³/mol. The Morgan fingerprint density at radius 1 is 0.909 bits per heavy atom. The Morgan fingerprint density at radius 3 is 2.27 bits per heavy atom. The summed E-state index contributed by atoms with van der Waals surface area (Å²) >= 11 is 0. The fourth-order valence-corrected chi connectivity index (χ4v) is 3.71. The van der Waals surface area contributed by atoms with Crippen LogP contribution in [0.2, 0.25) is 0 Å². The molecule has 0 aliphatic heterocycles. The van der Waals surface area contributed by atoms with Crippen LogP contribution in [0.3, 0.4) is 0 Å². The average molecular weight is 444 g/mol. The van der Waals surface area contributed by atoms with Crippen LogP contribution in [0.15, 0.2) is 77.6 Å². The van der Waals surface area contributed by atoms with E-state index in [0.717, 1.165) is 5.56 Å². The standard InChI is InChI=1S/C26H25N3O4/c1-28(16-15-18-13-14-22(32-2)23(17-18)33-3)26(31)24-20-11-7-8-12-21(20)25(30)29(27-24)19-9-5-4-6-10-19/h4-14,17H,15-16H2,1-3H3. The van der Waals surface area contributed by atoms with Crippen molar-refractivity contribution in [3.8, 4) is 17.2 Å². The van der Waals surface area contributed by atoms with E-state index in [4.69, 9.17) is 9.47 Å². The molecule has 0 radical (unpaired) electrons. The first kappa shape index (κ1) is 22.1. The van der Waals surface area contributed by atoms with Gasteiger partial charge in [0.05, 0.1) is 25.3 Å². The Morgan fingerprint density at radius 2 is 1.58 bits per heavy atom. The largest absolute Gasteiger partial charge is 0.493 e. The Bertz CT molecular complexity index is 1350. The van der Waals surface area contributed by atoms with E-state index in [1.54, 1.807) is 62.6 Å². The maximum absolute atomic E-state index is 13.4. The third kappa shape index (κ3) is 4.43. The molecule has 0 bridgehead atoms. The zero-order valence-corrected chi connectivity index (χ0v) is 18.8. The minimum absolute atomic E-state index is 0.240. The maximum atomic E-state index is 13.4. The molecule has 3 aromatic carbocycles. The van der Waals surface area contributed by atoms with Gasteiger partial charge in [-0.25, -0.2) is 0 Å². The number of benzene rings is 3. The number of hydrogen-bond acceptors (Lipinski definition) is 5. The van der Waals surface area contributed by atoms with Crippen LogP contribution in [0.1, 0.15) is 16.1 Å². The molecule has 1 heterocycles. The SMILES string of the molecule is COc1ccc(CCN(C)C(=O)c2nn(-c3ccccc3)c(=O)c3ccccc23)cc1OC. The Hall–Kier alpha value is -4.13. The van der Waals surface area contributed by atoms with E-state index < -0.39 is 0 Å². The Balaban J connectivity index is 1.65. The highest BCUT2D eigenvalue weighted by atomic mass is 16.5. The summed E-state index contributed by atoms with van der Waals surface area (Å²) in [6, 6.07) is 21.9. The Kier molecular flexibility index (Phi) is 6.40. The molecule has 1 aromatic heterocycles. The molecule has 0 saturated heterocycles. The highest BCUT2D eigenvalue weighted by molar-refractivity contribution is 6.04. The van der Waals surface area contributed by atoms with E-state index in [-0.39, 0.29) is 17.2 Å². The number of amides is 1. The summed E-state index contributed by atoms with van der Waals surface area (Å²) in [5.41, 5.74) is 1.60. The van der Waals surface area contributed by atoms with Gasteiger partial charge in [-0.2, -0.15) is 9.78 Å². The van der Waals surface area contributed by atoms with Gasteiger partial charge in [0, 0.05) is 19.0 Å². The number of rotatable bonds is 7. The lowest BCUT2D eigenvalue weighted by atomic mass is 10.1. The third-order valence-corrected chi connectivity index (χ3v) is 5.54. The smallest absolute Gasteiger partial charge is 0.279 e. The molecule has 1 amide bonds. The van der Waals surface area contributed by atoms with Gasteiger partial charge in [-0.1, -0.05) is 42.5 Å². The molecule has 4 aromatic rings. The molecule has 0 N–H and O–H groups in total. The number of nitrogens with zero attached hydrogens (tertiary/aromatic N) is 3. The molecule has 0 atom stereocenters. The monoisotopic (exact) mass is 443 g/mol. The molecule has 0 aliphatic rings. The summed E-state index contributed by atoms with van der Waals surface area (Å²) in [7, 11) is 4.92. The van der Waals surface area contributed by atoms with Gasteiger partial charge >= 0.3 is 0 Å². The predicted octanol–water partition coefficient (Wildman–Crippen LogP) is 3.72. The highest BCUT2D eigenvalue weighted by Crippen LogP contribution is 2.27. The van der Waals surface area contributed by atoms with Gasteiger partial charge in [0.15, 0.2) is 17.2 Å². The van der Waals surface area contributed by atoms with Crippen molar-refractivity contribution in [2.45, 2.75) is 6.42 Å². The molecule has 0 fully saturated rings. The second-order valence-corrected chi connectivity index (χ2v) is 7.61.